The fraction of sp³-hybridized carbons (Fsp3) is 0.562. The lowest BCUT2D eigenvalue weighted by molar-refractivity contribution is -0.00205. The highest BCUT2D eigenvalue weighted by Crippen LogP contribution is 2.23. The number of benzene rings is 1. The average Bonchev–Trinajstić information content (AvgIpc) is 2.45. The van der Waals surface area contributed by atoms with Gasteiger partial charge in [0, 0.05) is 18.7 Å². The van der Waals surface area contributed by atoms with Crippen LogP contribution >= 0.6 is 0 Å². The molecule has 2 rings (SSSR count). The van der Waals surface area contributed by atoms with Crippen molar-refractivity contribution in [3.05, 3.63) is 35.4 Å². The first-order valence-electron chi connectivity index (χ1n) is 7.28. The number of nitrogens with one attached hydrogen (secondary N) is 1. The highest BCUT2D eigenvalue weighted by molar-refractivity contribution is 5.95. The summed E-state index contributed by atoms with van der Waals surface area (Å²) in [6, 6.07) is 7.81. The highest BCUT2D eigenvalue weighted by Gasteiger charge is 2.30. The summed E-state index contributed by atoms with van der Waals surface area (Å²) in [5.74, 6) is 0.0900. The van der Waals surface area contributed by atoms with Crippen molar-refractivity contribution in [3.63, 3.8) is 0 Å². The van der Waals surface area contributed by atoms with Gasteiger partial charge in [0.05, 0.1) is 5.60 Å². The summed E-state index contributed by atoms with van der Waals surface area (Å²) in [6.45, 7) is 3.97. The van der Waals surface area contributed by atoms with Crippen LogP contribution in [0.25, 0.3) is 0 Å². The molecule has 1 aromatic rings. The summed E-state index contributed by atoms with van der Waals surface area (Å²) in [7, 11) is 1.91. The lowest BCUT2D eigenvalue weighted by Crippen LogP contribution is -2.45. The number of nitrogens with zero attached hydrogens (tertiary/aromatic N) is 1. The number of piperidine rings is 1. The molecule has 0 saturated carbocycles. The third-order valence-electron chi connectivity index (χ3n) is 4.02. The van der Waals surface area contributed by atoms with Gasteiger partial charge in [-0.3, -0.25) is 4.79 Å². The van der Waals surface area contributed by atoms with E-state index in [4.69, 9.17) is 0 Å². The van der Waals surface area contributed by atoms with Gasteiger partial charge in [0.2, 0.25) is 0 Å². The van der Waals surface area contributed by atoms with E-state index in [1.165, 1.54) is 0 Å². The predicted molar refractivity (Wildman–Crippen MR) is 79.8 cm³/mol. The largest absolute Gasteiger partial charge is 0.390 e. The van der Waals surface area contributed by atoms with E-state index in [-0.39, 0.29) is 5.91 Å². The molecule has 0 aliphatic carbocycles. The van der Waals surface area contributed by atoms with Crippen LogP contribution in [-0.4, -0.2) is 48.2 Å². The van der Waals surface area contributed by atoms with Crippen molar-refractivity contribution in [1.82, 2.24) is 10.2 Å². The first kappa shape index (κ1) is 15.0. The van der Waals surface area contributed by atoms with Crippen molar-refractivity contribution in [3.8, 4) is 0 Å². The summed E-state index contributed by atoms with van der Waals surface area (Å²) in [6.07, 6.45) is 2.15. The third kappa shape index (κ3) is 3.58. The molecule has 1 aliphatic rings. The zero-order valence-electron chi connectivity index (χ0n) is 12.4. The third-order valence-corrected chi connectivity index (χ3v) is 4.02. The number of likely N-dealkylation sites (tertiary alicyclic amines) is 1. The first-order valence-corrected chi connectivity index (χ1v) is 7.28. The van der Waals surface area contributed by atoms with E-state index in [0.29, 0.717) is 25.9 Å². The van der Waals surface area contributed by atoms with Crippen LogP contribution in [0, 0.1) is 0 Å². The molecule has 4 heteroatoms. The number of aliphatic hydroxyl groups is 1. The SMILES string of the molecule is CNCCc1ccccc1C(=O)N1CCC(C)(O)CC1. The first-order chi connectivity index (χ1) is 9.53. The van der Waals surface area contributed by atoms with Gasteiger partial charge in [-0.25, -0.2) is 0 Å². The Labute approximate surface area is 120 Å². The molecule has 0 radical (unpaired) electrons. The number of carbonyl (C=O) groups is 1. The van der Waals surface area contributed by atoms with E-state index in [0.717, 1.165) is 24.1 Å². The molecule has 0 spiro atoms. The van der Waals surface area contributed by atoms with Crippen molar-refractivity contribution < 1.29 is 9.90 Å². The van der Waals surface area contributed by atoms with Crippen LogP contribution in [0.2, 0.25) is 0 Å². The molecule has 1 amide bonds. The number of hydrogen-bond donors (Lipinski definition) is 2. The van der Waals surface area contributed by atoms with Gasteiger partial charge in [0.25, 0.3) is 5.91 Å². The van der Waals surface area contributed by atoms with E-state index in [2.05, 4.69) is 5.32 Å². The van der Waals surface area contributed by atoms with Gasteiger partial charge >= 0.3 is 0 Å². The monoisotopic (exact) mass is 276 g/mol. The Balaban J connectivity index is 2.09. The summed E-state index contributed by atoms with van der Waals surface area (Å²) >= 11 is 0. The van der Waals surface area contributed by atoms with Crippen LogP contribution in [0.1, 0.15) is 35.7 Å². The van der Waals surface area contributed by atoms with Crippen molar-refractivity contribution in [2.75, 3.05) is 26.7 Å². The molecule has 110 valence electrons. The average molecular weight is 276 g/mol. The van der Waals surface area contributed by atoms with Gasteiger partial charge < -0.3 is 15.3 Å². The Morgan fingerprint density at radius 2 is 2.00 bits per heavy atom. The highest BCUT2D eigenvalue weighted by atomic mass is 16.3. The number of rotatable bonds is 4. The smallest absolute Gasteiger partial charge is 0.254 e. The summed E-state index contributed by atoms with van der Waals surface area (Å²) in [5.41, 5.74) is 1.26. The molecule has 1 saturated heterocycles. The van der Waals surface area contributed by atoms with Gasteiger partial charge in [-0.15, -0.1) is 0 Å². The molecule has 20 heavy (non-hydrogen) atoms. The Bertz CT molecular complexity index is 461. The maximum absolute atomic E-state index is 12.6. The molecule has 1 heterocycles. The fourth-order valence-electron chi connectivity index (χ4n) is 2.57. The maximum atomic E-state index is 12.6. The van der Waals surface area contributed by atoms with Crippen LogP contribution in [0.5, 0.6) is 0 Å². The van der Waals surface area contributed by atoms with Crippen LogP contribution in [0.3, 0.4) is 0 Å². The topological polar surface area (TPSA) is 52.6 Å². The minimum Gasteiger partial charge on any atom is -0.390 e. The summed E-state index contributed by atoms with van der Waals surface area (Å²) in [4.78, 5) is 14.5. The molecule has 0 bridgehead atoms. The van der Waals surface area contributed by atoms with Gasteiger partial charge in [-0.05, 0) is 51.4 Å². The Kier molecular flexibility index (Phi) is 4.78. The van der Waals surface area contributed by atoms with Crippen molar-refractivity contribution >= 4 is 5.91 Å². The minimum absolute atomic E-state index is 0.0900. The molecule has 0 unspecified atom stereocenters. The molecule has 0 atom stereocenters. The van der Waals surface area contributed by atoms with E-state index < -0.39 is 5.60 Å². The van der Waals surface area contributed by atoms with Gasteiger partial charge in [-0.1, -0.05) is 18.2 Å². The Morgan fingerprint density at radius 1 is 1.35 bits per heavy atom. The second-order valence-corrected chi connectivity index (χ2v) is 5.80. The van der Waals surface area contributed by atoms with Crippen molar-refractivity contribution in [2.45, 2.75) is 31.8 Å². The number of likely N-dealkylation sites (N-methyl/N-ethyl adjacent to an activating group) is 1. The predicted octanol–water partition coefficient (Wildman–Crippen LogP) is 1.44. The fourth-order valence-corrected chi connectivity index (χ4v) is 2.57. The van der Waals surface area contributed by atoms with Crippen molar-refractivity contribution in [2.24, 2.45) is 0 Å². The minimum atomic E-state index is -0.623. The van der Waals surface area contributed by atoms with E-state index >= 15 is 0 Å². The molecular formula is C16H24N2O2. The molecular weight excluding hydrogens is 252 g/mol. The second kappa shape index (κ2) is 6.37. The molecule has 1 aromatic carbocycles. The zero-order valence-corrected chi connectivity index (χ0v) is 12.4. The summed E-state index contributed by atoms with van der Waals surface area (Å²) in [5, 5.41) is 13.1. The second-order valence-electron chi connectivity index (χ2n) is 5.80. The van der Waals surface area contributed by atoms with Crippen LogP contribution in [0.4, 0.5) is 0 Å². The Morgan fingerprint density at radius 3 is 2.65 bits per heavy atom. The normalized spacial score (nSPS) is 18.1. The molecule has 4 nitrogen and oxygen atoms in total. The molecule has 2 N–H and O–H groups in total. The van der Waals surface area contributed by atoms with Crippen LogP contribution in [0.15, 0.2) is 24.3 Å². The lowest BCUT2D eigenvalue weighted by atomic mass is 9.93. The molecule has 1 fully saturated rings. The molecule has 0 aromatic heterocycles. The van der Waals surface area contributed by atoms with Gasteiger partial charge in [0.15, 0.2) is 0 Å². The van der Waals surface area contributed by atoms with Crippen LogP contribution < -0.4 is 5.32 Å². The number of hydrogen-bond acceptors (Lipinski definition) is 3. The van der Waals surface area contributed by atoms with Gasteiger partial charge in [-0.2, -0.15) is 0 Å². The van der Waals surface area contributed by atoms with Crippen LogP contribution in [-0.2, 0) is 6.42 Å². The van der Waals surface area contributed by atoms with E-state index in [1.807, 2.05) is 43.1 Å². The zero-order chi connectivity index (χ0) is 14.6. The van der Waals surface area contributed by atoms with Crippen molar-refractivity contribution in [1.29, 1.82) is 0 Å². The lowest BCUT2D eigenvalue weighted by Gasteiger charge is -2.36. The quantitative estimate of drug-likeness (QED) is 0.875. The summed E-state index contributed by atoms with van der Waals surface area (Å²) < 4.78 is 0. The van der Waals surface area contributed by atoms with E-state index in [1.54, 1.807) is 0 Å². The standard InChI is InChI=1S/C16H24N2O2/c1-16(20)8-11-18(12-9-16)15(19)14-6-4-3-5-13(14)7-10-17-2/h3-6,17,20H,7-12H2,1-2H3. The number of carbonyl (C=O) groups excluding carboxylic acids is 1. The number of amides is 1. The van der Waals surface area contributed by atoms with E-state index in [9.17, 15) is 9.90 Å². The Hall–Kier alpha value is -1.39. The van der Waals surface area contributed by atoms with Gasteiger partial charge in [0.1, 0.15) is 0 Å². The maximum Gasteiger partial charge on any atom is 0.254 e. The molecule has 1 aliphatic heterocycles.